The maximum absolute atomic E-state index is 11.7. The van der Waals surface area contributed by atoms with Crippen LogP contribution in [0.1, 0.15) is 44.2 Å². The minimum atomic E-state index is -0.361. The van der Waals surface area contributed by atoms with Crippen molar-refractivity contribution >= 4 is 46.3 Å². The average molecular weight is 351 g/mol. The van der Waals surface area contributed by atoms with Crippen LogP contribution in [0.2, 0.25) is 5.02 Å². The smallest absolute Gasteiger partial charge is 0.290 e. The van der Waals surface area contributed by atoms with Crippen molar-refractivity contribution in [2.75, 3.05) is 11.9 Å². The number of nitrogens with one attached hydrogen (secondary N) is 1. The Balaban J connectivity index is 2.06. The summed E-state index contributed by atoms with van der Waals surface area (Å²) >= 11 is 7.34. The van der Waals surface area contributed by atoms with Crippen LogP contribution in [-0.2, 0) is 4.79 Å². The lowest BCUT2D eigenvalue weighted by Gasteiger charge is -2.45. The fraction of sp³-hybridized carbons (Fsp3) is 0.412. The fourth-order valence-corrected chi connectivity index (χ4v) is 4.16. The van der Waals surface area contributed by atoms with Gasteiger partial charge in [-0.25, -0.2) is 0 Å². The number of carbonyl (C=O) groups is 2. The van der Waals surface area contributed by atoms with Crippen molar-refractivity contribution in [3.8, 4) is 0 Å². The monoisotopic (exact) mass is 350 g/mol. The molecule has 1 aromatic carbocycles. The van der Waals surface area contributed by atoms with Crippen LogP contribution in [0.3, 0.4) is 0 Å². The molecule has 2 heterocycles. The van der Waals surface area contributed by atoms with E-state index in [1.807, 2.05) is 12.1 Å². The van der Waals surface area contributed by atoms with Gasteiger partial charge in [0.15, 0.2) is 0 Å². The van der Waals surface area contributed by atoms with Gasteiger partial charge in [0.05, 0.1) is 4.91 Å². The third kappa shape index (κ3) is 2.88. The maximum Gasteiger partial charge on any atom is 0.290 e. The summed E-state index contributed by atoms with van der Waals surface area (Å²) < 4.78 is 0. The third-order valence-corrected chi connectivity index (χ3v) is 5.82. The molecule has 1 saturated heterocycles. The van der Waals surface area contributed by atoms with E-state index in [9.17, 15) is 9.59 Å². The summed E-state index contributed by atoms with van der Waals surface area (Å²) in [5.41, 5.74) is 3.19. The molecule has 0 saturated carbocycles. The molecule has 23 heavy (non-hydrogen) atoms. The largest absolute Gasteiger partial charge is 0.369 e. The second-order valence-electron chi connectivity index (χ2n) is 6.76. The number of amides is 2. The Morgan fingerprint density at radius 1 is 1.39 bits per heavy atom. The summed E-state index contributed by atoms with van der Waals surface area (Å²) in [6.45, 7) is 6.65. The van der Waals surface area contributed by atoms with E-state index < -0.39 is 0 Å². The van der Waals surface area contributed by atoms with Gasteiger partial charge in [-0.1, -0.05) is 18.5 Å². The zero-order valence-corrected chi connectivity index (χ0v) is 15.1. The molecule has 0 aliphatic carbocycles. The quantitative estimate of drug-likeness (QED) is 0.763. The van der Waals surface area contributed by atoms with E-state index in [0.717, 1.165) is 29.4 Å². The summed E-state index contributed by atoms with van der Waals surface area (Å²) in [5, 5.41) is 2.50. The zero-order chi connectivity index (χ0) is 16.9. The van der Waals surface area contributed by atoms with Gasteiger partial charge in [-0.05, 0) is 67.3 Å². The standard InChI is InChI=1S/C17H19ClN2O2S/c1-9-8-17(2,3)20(4)13-7-12(18)10(5-11(9)13)6-14-15(21)19-16(22)23-14/h5-7,9H,8H2,1-4H3,(H,19,21,22)/b14-6-. The third-order valence-electron chi connectivity index (χ3n) is 4.68. The van der Waals surface area contributed by atoms with Gasteiger partial charge in [0.2, 0.25) is 0 Å². The molecule has 0 bridgehead atoms. The van der Waals surface area contributed by atoms with E-state index in [0.29, 0.717) is 15.8 Å². The van der Waals surface area contributed by atoms with Crippen molar-refractivity contribution in [3.63, 3.8) is 0 Å². The van der Waals surface area contributed by atoms with Gasteiger partial charge in [0.1, 0.15) is 0 Å². The topological polar surface area (TPSA) is 49.4 Å². The molecule has 0 aromatic heterocycles. The molecule has 0 radical (unpaired) electrons. The molecule has 1 N–H and O–H groups in total. The molecule has 2 aliphatic rings. The normalized spacial score (nSPS) is 24.8. The molecule has 122 valence electrons. The predicted molar refractivity (Wildman–Crippen MR) is 96.1 cm³/mol. The number of nitrogens with zero attached hydrogens (tertiary/aromatic N) is 1. The molecule has 1 aromatic rings. The molecule has 2 amide bonds. The van der Waals surface area contributed by atoms with Crippen LogP contribution in [-0.4, -0.2) is 23.7 Å². The number of fused-ring (bicyclic) bond motifs is 1. The summed E-state index contributed by atoms with van der Waals surface area (Å²) in [6.07, 6.45) is 2.74. The minimum absolute atomic E-state index is 0.0728. The van der Waals surface area contributed by atoms with Gasteiger partial charge >= 0.3 is 0 Å². The van der Waals surface area contributed by atoms with Gasteiger partial charge in [0.25, 0.3) is 11.1 Å². The first-order valence-electron chi connectivity index (χ1n) is 7.51. The average Bonchev–Trinajstić information content (AvgIpc) is 2.76. The van der Waals surface area contributed by atoms with Crippen LogP contribution in [0.25, 0.3) is 6.08 Å². The predicted octanol–water partition coefficient (Wildman–Crippen LogP) is 4.39. The van der Waals surface area contributed by atoms with Crippen LogP contribution in [0.5, 0.6) is 0 Å². The number of benzene rings is 1. The molecule has 1 fully saturated rings. The van der Waals surface area contributed by atoms with Gasteiger partial charge in [-0.15, -0.1) is 0 Å². The molecule has 2 aliphatic heterocycles. The van der Waals surface area contributed by atoms with Crippen molar-refractivity contribution in [3.05, 3.63) is 33.2 Å². The molecule has 6 heteroatoms. The van der Waals surface area contributed by atoms with Crippen LogP contribution in [0, 0.1) is 0 Å². The lowest BCUT2D eigenvalue weighted by molar-refractivity contribution is -0.115. The highest BCUT2D eigenvalue weighted by molar-refractivity contribution is 8.18. The minimum Gasteiger partial charge on any atom is -0.369 e. The Labute approximate surface area is 145 Å². The summed E-state index contributed by atoms with van der Waals surface area (Å²) in [7, 11) is 2.08. The molecule has 3 rings (SSSR count). The maximum atomic E-state index is 11.7. The second kappa shape index (κ2) is 5.56. The van der Waals surface area contributed by atoms with Gasteiger partial charge < -0.3 is 4.90 Å². The number of anilines is 1. The first kappa shape index (κ1) is 16.4. The number of hydrogen-bond donors (Lipinski definition) is 1. The summed E-state index contributed by atoms with van der Waals surface area (Å²) in [6, 6.07) is 4.00. The Kier molecular flexibility index (Phi) is 3.97. The Hall–Kier alpha value is -1.46. The fourth-order valence-electron chi connectivity index (χ4n) is 3.28. The van der Waals surface area contributed by atoms with Crippen LogP contribution in [0.4, 0.5) is 10.5 Å². The molecule has 0 spiro atoms. The van der Waals surface area contributed by atoms with Crippen LogP contribution >= 0.6 is 23.4 Å². The lowest BCUT2D eigenvalue weighted by atomic mass is 9.80. The van der Waals surface area contributed by atoms with E-state index in [1.165, 1.54) is 5.56 Å². The van der Waals surface area contributed by atoms with Crippen LogP contribution in [0.15, 0.2) is 17.0 Å². The number of rotatable bonds is 1. The molecular formula is C17H19ClN2O2S. The number of hydrogen-bond acceptors (Lipinski definition) is 4. The Morgan fingerprint density at radius 3 is 2.70 bits per heavy atom. The van der Waals surface area contributed by atoms with Gasteiger partial charge in [-0.2, -0.15) is 0 Å². The van der Waals surface area contributed by atoms with E-state index in [2.05, 4.69) is 38.0 Å². The second-order valence-corrected chi connectivity index (χ2v) is 8.18. The van der Waals surface area contributed by atoms with Crippen molar-refractivity contribution in [2.45, 2.75) is 38.6 Å². The number of halogens is 1. The van der Waals surface area contributed by atoms with Crippen molar-refractivity contribution in [1.29, 1.82) is 0 Å². The lowest BCUT2D eigenvalue weighted by Crippen LogP contribution is -2.45. The highest BCUT2D eigenvalue weighted by Crippen LogP contribution is 2.44. The van der Waals surface area contributed by atoms with Crippen LogP contribution < -0.4 is 10.2 Å². The number of carbonyl (C=O) groups excluding carboxylic acids is 2. The Bertz CT molecular complexity index is 742. The first-order chi connectivity index (χ1) is 10.7. The van der Waals surface area contributed by atoms with Gasteiger partial charge in [-0.3, -0.25) is 14.9 Å². The molecular weight excluding hydrogens is 332 g/mol. The Morgan fingerprint density at radius 2 is 2.09 bits per heavy atom. The molecule has 1 unspecified atom stereocenters. The molecule has 1 atom stereocenters. The number of thioether (sulfide) groups is 1. The highest BCUT2D eigenvalue weighted by atomic mass is 35.5. The van der Waals surface area contributed by atoms with E-state index in [4.69, 9.17) is 11.6 Å². The van der Waals surface area contributed by atoms with Crippen molar-refractivity contribution in [1.82, 2.24) is 5.32 Å². The van der Waals surface area contributed by atoms with E-state index in [1.54, 1.807) is 6.08 Å². The summed E-state index contributed by atoms with van der Waals surface area (Å²) in [5.74, 6) is 0.0393. The van der Waals surface area contributed by atoms with Gasteiger partial charge in [0, 0.05) is 23.3 Å². The highest BCUT2D eigenvalue weighted by Gasteiger charge is 2.34. The SMILES string of the molecule is CC1CC(C)(C)N(C)c2cc(Cl)c(/C=C3\SC(=O)NC3=O)cc21. The van der Waals surface area contributed by atoms with Crippen molar-refractivity contribution < 1.29 is 9.59 Å². The summed E-state index contributed by atoms with van der Waals surface area (Å²) in [4.78, 5) is 25.6. The molecule has 4 nitrogen and oxygen atoms in total. The van der Waals surface area contributed by atoms with E-state index in [-0.39, 0.29) is 16.7 Å². The first-order valence-corrected chi connectivity index (χ1v) is 8.70. The zero-order valence-electron chi connectivity index (χ0n) is 13.6. The van der Waals surface area contributed by atoms with E-state index >= 15 is 0 Å². The van der Waals surface area contributed by atoms with Crippen molar-refractivity contribution in [2.24, 2.45) is 0 Å². The number of imide groups is 1.